The van der Waals surface area contributed by atoms with Crippen LogP contribution in [-0.2, 0) is 0 Å². The molecule has 3 nitrogen and oxygen atoms in total. The second kappa shape index (κ2) is 10.4. The minimum Gasteiger partial charge on any atom is -0.492 e. The first-order valence-corrected chi connectivity index (χ1v) is 10.3. The van der Waals surface area contributed by atoms with Crippen LogP contribution >= 0.6 is 0 Å². The smallest absolute Gasteiger partial charge is 0.119 e. The number of ether oxygens (including phenoxy) is 1. The largest absolute Gasteiger partial charge is 0.492 e. The van der Waals surface area contributed by atoms with Crippen LogP contribution in [0.2, 0.25) is 0 Å². The lowest BCUT2D eigenvalue weighted by Crippen LogP contribution is -2.19. The van der Waals surface area contributed by atoms with Crippen molar-refractivity contribution in [1.82, 2.24) is 4.90 Å². The average Bonchev–Trinajstić information content (AvgIpc) is 2.78. The number of rotatable bonds is 8. The van der Waals surface area contributed by atoms with Crippen LogP contribution in [-0.4, -0.2) is 32.1 Å². The topological polar surface area (TPSA) is 36.3 Å². The van der Waals surface area contributed by atoms with Crippen molar-refractivity contribution in [2.24, 2.45) is 0 Å². The van der Waals surface area contributed by atoms with Gasteiger partial charge in [-0.1, -0.05) is 61.5 Å². The Morgan fingerprint density at radius 1 is 0.867 bits per heavy atom. The maximum Gasteiger partial charge on any atom is 0.119 e. The standard InChI is InChI=1S/C27H28N2O/c1-4-26(22-10-6-5-7-11-22)27(24-12-8-9-21(19-24)20-28)23-13-15-25(16-14-23)30-18-17-29(2)3/h5-16,19H,4,17-18H2,1-3H3/b27-26-. The van der Waals surface area contributed by atoms with Gasteiger partial charge in [0.25, 0.3) is 0 Å². The Bertz CT molecular complexity index is 1030. The van der Waals surface area contributed by atoms with Crippen LogP contribution in [0.5, 0.6) is 5.75 Å². The minimum absolute atomic E-state index is 0.656. The van der Waals surface area contributed by atoms with E-state index in [1.165, 1.54) is 11.1 Å². The molecule has 152 valence electrons. The third-order valence-electron chi connectivity index (χ3n) is 5.01. The second-order valence-electron chi connectivity index (χ2n) is 7.44. The van der Waals surface area contributed by atoms with Crippen LogP contribution in [0.15, 0.2) is 78.9 Å². The van der Waals surface area contributed by atoms with E-state index in [1.54, 1.807) is 0 Å². The van der Waals surface area contributed by atoms with E-state index in [9.17, 15) is 5.26 Å². The lowest BCUT2D eigenvalue weighted by Gasteiger charge is -2.17. The van der Waals surface area contributed by atoms with Crippen LogP contribution in [0, 0.1) is 11.3 Å². The van der Waals surface area contributed by atoms with Gasteiger partial charge in [0.1, 0.15) is 12.4 Å². The highest BCUT2D eigenvalue weighted by Crippen LogP contribution is 2.35. The number of likely N-dealkylation sites (N-methyl/N-ethyl adjacent to an activating group) is 1. The maximum absolute atomic E-state index is 9.40. The molecule has 3 aromatic rings. The van der Waals surface area contributed by atoms with Gasteiger partial charge >= 0.3 is 0 Å². The quantitative estimate of drug-likeness (QED) is 0.447. The SMILES string of the molecule is CC/C(=C(\c1ccc(OCCN(C)C)cc1)c1cccc(C#N)c1)c1ccccc1. The molecule has 3 heteroatoms. The summed E-state index contributed by atoms with van der Waals surface area (Å²) in [6, 6.07) is 28.8. The molecule has 0 unspecified atom stereocenters. The maximum atomic E-state index is 9.40. The Hall–Kier alpha value is -3.35. The summed E-state index contributed by atoms with van der Waals surface area (Å²) in [5, 5.41) is 9.40. The molecule has 0 aliphatic heterocycles. The first-order valence-electron chi connectivity index (χ1n) is 10.3. The third kappa shape index (κ3) is 5.37. The van der Waals surface area contributed by atoms with Gasteiger partial charge in [0, 0.05) is 6.54 Å². The van der Waals surface area contributed by atoms with E-state index in [4.69, 9.17) is 4.74 Å². The Balaban J connectivity index is 2.06. The Kier molecular flexibility index (Phi) is 7.43. The number of hydrogen-bond acceptors (Lipinski definition) is 3. The van der Waals surface area contributed by atoms with Crippen LogP contribution in [0.25, 0.3) is 11.1 Å². The molecule has 30 heavy (non-hydrogen) atoms. The first kappa shape index (κ1) is 21.4. The normalized spacial score (nSPS) is 11.7. The van der Waals surface area contributed by atoms with Crippen molar-refractivity contribution in [1.29, 1.82) is 5.26 Å². The molecule has 0 saturated carbocycles. The van der Waals surface area contributed by atoms with Crippen molar-refractivity contribution < 1.29 is 4.74 Å². The molecule has 3 rings (SSSR count). The number of hydrogen-bond donors (Lipinski definition) is 0. The van der Waals surface area contributed by atoms with Gasteiger partial charge in [-0.3, -0.25) is 0 Å². The predicted octanol–water partition coefficient (Wildman–Crippen LogP) is 5.87. The van der Waals surface area contributed by atoms with Crippen LogP contribution in [0.4, 0.5) is 0 Å². The molecule has 0 fully saturated rings. The van der Waals surface area contributed by atoms with Crippen molar-refractivity contribution in [3.63, 3.8) is 0 Å². The number of nitrogens with zero attached hydrogens (tertiary/aromatic N) is 2. The molecule has 3 aromatic carbocycles. The molecule has 0 aliphatic rings. The van der Waals surface area contributed by atoms with Crippen molar-refractivity contribution in [2.45, 2.75) is 13.3 Å². The fraction of sp³-hybridized carbons (Fsp3) is 0.222. The van der Waals surface area contributed by atoms with E-state index in [2.05, 4.69) is 60.4 Å². The molecule has 0 atom stereocenters. The summed E-state index contributed by atoms with van der Waals surface area (Å²) < 4.78 is 5.86. The van der Waals surface area contributed by atoms with Crippen molar-refractivity contribution in [3.05, 3.63) is 101 Å². The zero-order chi connectivity index (χ0) is 21.3. The van der Waals surface area contributed by atoms with Crippen molar-refractivity contribution >= 4 is 11.1 Å². The van der Waals surface area contributed by atoms with E-state index in [-0.39, 0.29) is 0 Å². The summed E-state index contributed by atoms with van der Waals surface area (Å²) in [6.07, 6.45) is 0.886. The van der Waals surface area contributed by atoms with Crippen LogP contribution < -0.4 is 4.74 Å². The van der Waals surface area contributed by atoms with Gasteiger partial charge in [0.2, 0.25) is 0 Å². The zero-order valence-corrected chi connectivity index (χ0v) is 17.9. The summed E-state index contributed by atoms with van der Waals surface area (Å²) in [6.45, 7) is 3.71. The summed E-state index contributed by atoms with van der Waals surface area (Å²) in [4.78, 5) is 2.10. The molecule has 0 amide bonds. The summed E-state index contributed by atoms with van der Waals surface area (Å²) in [7, 11) is 4.07. The fourth-order valence-electron chi connectivity index (χ4n) is 3.49. The first-order chi connectivity index (χ1) is 14.6. The Morgan fingerprint density at radius 2 is 1.57 bits per heavy atom. The van der Waals surface area contributed by atoms with Crippen LogP contribution in [0.1, 0.15) is 35.6 Å². The third-order valence-corrected chi connectivity index (χ3v) is 5.01. The highest BCUT2D eigenvalue weighted by molar-refractivity contribution is 5.98. The van der Waals surface area contributed by atoms with E-state index < -0.39 is 0 Å². The molecule has 0 radical (unpaired) electrons. The summed E-state index contributed by atoms with van der Waals surface area (Å²) in [5.74, 6) is 0.864. The number of nitriles is 1. The van der Waals surface area contributed by atoms with E-state index in [0.29, 0.717) is 12.2 Å². The zero-order valence-electron chi connectivity index (χ0n) is 17.9. The highest BCUT2D eigenvalue weighted by Gasteiger charge is 2.14. The van der Waals surface area contributed by atoms with Gasteiger partial charge in [0.05, 0.1) is 11.6 Å². The summed E-state index contributed by atoms with van der Waals surface area (Å²) >= 11 is 0. The Morgan fingerprint density at radius 3 is 2.20 bits per heavy atom. The fourth-order valence-corrected chi connectivity index (χ4v) is 3.49. The van der Waals surface area contributed by atoms with Crippen molar-refractivity contribution in [3.8, 4) is 11.8 Å². The Labute approximate surface area is 179 Å². The van der Waals surface area contributed by atoms with Gasteiger partial charge in [-0.05, 0) is 72.6 Å². The van der Waals surface area contributed by atoms with Gasteiger partial charge < -0.3 is 9.64 Å². The molecule has 0 saturated heterocycles. The summed E-state index contributed by atoms with van der Waals surface area (Å²) in [5.41, 5.74) is 6.44. The van der Waals surface area contributed by atoms with E-state index in [1.807, 2.05) is 50.5 Å². The van der Waals surface area contributed by atoms with Crippen LogP contribution in [0.3, 0.4) is 0 Å². The monoisotopic (exact) mass is 396 g/mol. The molecule has 0 aromatic heterocycles. The lowest BCUT2D eigenvalue weighted by atomic mass is 9.87. The highest BCUT2D eigenvalue weighted by atomic mass is 16.5. The van der Waals surface area contributed by atoms with Gasteiger partial charge in [-0.2, -0.15) is 5.26 Å². The number of allylic oxidation sites excluding steroid dienone is 1. The molecule has 0 N–H and O–H groups in total. The van der Waals surface area contributed by atoms with E-state index in [0.717, 1.165) is 35.4 Å². The minimum atomic E-state index is 0.656. The molecular formula is C27H28N2O. The van der Waals surface area contributed by atoms with Gasteiger partial charge in [-0.25, -0.2) is 0 Å². The molecule has 0 aliphatic carbocycles. The van der Waals surface area contributed by atoms with Crippen molar-refractivity contribution in [2.75, 3.05) is 27.2 Å². The van der Waals surface area contributed by atoms with Gasteiger partial charge in [0.15, 0.2) is 0 Å². The molecule has 0 spiro atoms. The number of benzene rings is 3. The molecule has 0 bridgehead atoms. The lowest BCUT2D eigenvalue weighted by molar-refractivity contribution is 0.261. The molecular weight excluding hydrogens is 368 g/mol. The second-order valence-corrected chi connectivity index (χ2v) is 7.44. The van der Waals surface area contributed by atoms with Gasteiger partial charge in [-0.15, -0.1) is 0 Å². The molecule has 0 heterocycles. The average molecular weight is 397 g/mol. The van der Waals surface area contributed by atoms with E-state index >= 15 is 0 Å². The predicted molar refractivity (Wildman–Crippen MR) is 124 cm³/mol.